The van der Waals surface area contributed by atoms with Crippen LogP contribution in [-0.2, 0) is 11.2 Å². The average Bonchev–Trinajstić information content (AvgIpc) is 2.48. The monoisotopic (exact) mass is 254 g/mol. The van der Waals surface area contributed by atoms with Gasteiger partial charge >= 0.3 is 0 Å². The molecule has 4 heteroatoms. The van der Waals surface area contributed by atoms with Crippen molar-refractivity contribution in [2.75, 3.05) is 5.32 Å². The predicted octanol–water partition coefficient (Wildman–Crippen LogP) is 2.41. The largest absolute Gasteiger partial charge is 0.480 e. The quantitative estimate of drug-likeness (QED) is 0.895. The molecule has 1 atom stereocenters. The number of hydrogen-bond acceptors (Lipinski definition) is 3. The number of ether oxygens (including phenoxy) is 1. The summed E-state index contributed by atoms with van der Waals surface area (Å²) in [6, 6.07) is 13.2. The number of pyridine rings is 1. The van der Waals surface area contributed by atoms with E-state index in [-0.39, 0.29) is 5.91 Å². The lowest BCUT2D eigenvalue weighted by Crippen LogP contribution is -2.36. The number of carbonyl (C=O) groups is 1. The molecular weight excluding hydrogens is 240 g/mol. The highest BCUT2D eigenvalue weighted by molar-refractivity contribution is 5.93. The number of hydrogen-bond donors (Lipinski definition) is 1. The molecule has 0 spiro atoms. The van der Waals surface area contributed by atoms with Gasteiger partial charge in [0.2, 0.25) is 0 Å². The highest BCUT2D eigenvalue weighted by Gasteiger charge is 2.25. The summed E-state index contributed by atoms with van der Waals surface area (Å²) >= 11 is 0. The Morgan fingerprint density at radius 1 is 1.21 bits per heavy atom. The van der Waals surface area contributed by atoms with E-state index in [9.17, 15) is 4.79 Å². The van der Waals surface area contributed by atoms with Gasteiger partial charge in [0, 0.05) is 6.20 Å². The number of benzene rings is 1. The van der Waals surface area contributed by atoms with Crippen LogP contribution in [0.4, 0.5) is 5.82 Å². The van der Waals surface area contributed by atoms with Crippen molar-refractivity contribution in [3.05, 3.63) is 54.2 Å². The van der Waals surface area contributed by atoms with Crippen molar-refractivity contribution in [3.8, 4) is 5.75 Å². The first-order chi connectivity index (χ1) is 9.33. The summed E-state index contributed by atoms with van der Waals surface area (Å²) in [5, 5.41) is 2.77. The second-order valence-electron chi connectivity index (χ2n) is 4.46. The first-order valence-electron chi connectivity index (χ1n) is 6.29. The maximum atomic E-state index is 12.1. The van der Waals surface area contributed by atoms with Crippen LogP contribution in [0.1, 0.15) is 12.0 Å². The van der Waals surface area contributed by atoms with Crippen LogP contribution in [0.2, 0.25) is 0 Å². The number of amides is 1. The van der Waals surface area contributed by atoms with Gasteiger partial charge in [0.15, 0.2) is 6.10 Å². The van der Waals surface area contributed by atoms with Crippen molar-refractivity contribution in [1.82, 2.24) is 4.98 Å². The molecular formula is C15H14N2O2. The number of anilines is 1. The van der Waals surface area contributed by atoms with E-state index in [0.717, 1.165) is 17.7 Å². The molecule has 0 saturated heterocycles. The molecule has 1 aromatic heterocycles. The van der Waals surface area contributed by atoms with E-state index < -0.39 is 6.10 Å². The van der Waals surface area contributed by atoms with Crippen LogP contribution < -0.4 is 10.1 Å². The minimum Gasteiger partial charge on any atom is -0.480 e. The van der Waals surface area contributed by atoms with Gasteiger partial charge in [-0.15, -0.1) is 0 Å². The molecule has 1 unspecified atom stereocenters. The fourth-order valence-corrected chi connectivity index (χ4v) is 2.15. The molecule has 2 aromatic rings. The molecule has 1 aromatic carbocycles. The summed E-state index contributed by atoms with van der Waals surface area (Å²) in [7, 11) is 0. The van der Waals surface area contributed by atoms with Gasteiger partial charge in [-0.3, -0.25) is 4.79 Å². The highest BCUT2D eigenvalue weighted by atomic mass is 16.5. The molecule has 3 rings (SSSR count). The smallest absolute Gasteiger partial charge is 0.266 e. The Morgan fingerprint density at radius 3 is 2.89 bits per heavy atom. The normalized spacial score (nSPS) is 17.2. The van der Waals surface area contributed by atoms with E-state index in [4.69, 9.17) is 4.74 Å². The van der Waals surface area contributed by atoms with Crippen LogP contribution in [0.3, 0.4) is 0 Å². The number of aryl methyl sites for hydroxylation is 1. The van der Waals surface area contributed by atoms with Gasteiger partial charge in [0.25, 0.3) is 5.91 Å². The first kappa shape index (κ1) is 11.7. The van der Waals surface area contributed by atoms with Gasteiger partial charge in [-0.05, 0) is 36.6 Å². The number of aromatic nitrogens is 1. The summed E-state index contributed by atoms with van der Waals surface area (Å²) in [5.74, 6) is 1.21. The Kier molecular flexibility index (Phi) is 3.14. The van der Waals surface area contributed by atoms with Crippen molar-refractivity contribution >= 4 is 11.7 Å². The molecule has 1 amide bonds. The SMILES string of the molecule is O=C(Nc1ccccn1)C1CCc2ccccc2O1. The van der Waals surface area contributed by atoms with Crippen LogP contribution >= 0.6 is 0 Å². The number of nitrogens with zero attached hydrogens (tertiary/aromatic N) is 1. The maximum absolute atomic E-state index is 12.1. The molecule has 4 nitrogen and oxygen atoms in total. The third-order valence-electron chi connectivity index (χ3n) is 3.13. The summed E-state index contributed by atoms with van der Waals surface area (Å²) in [6.45, 7) is 0. The van der Waals surface area contributed by atoms with Crippen molar-refractivity contribution in [1.29, 1.82) is 0 Å². The van der Waals surface area contributed by atoms with Gasteiger partial charge in [-0.2, -0.15) is 0 Å². The first-order valence-corrected chi connectivity index (χ1v) is 6.29. The minimum absolute atomic E-state index is 0.145. The van der Waals surface area contributed by atoms with E-state index in [0.29, 0.717) is 12.2 Å². The molecule has 19 heavy (non-hydrogen) atoms. The molecule has 1 aliphatic rings. The molecule has 1 N–H and O–H groups in total. The molecule has 96 valence electrons. The van der Waals surface area contributed by atoms with E-state index in [1.165, 1.54) is 0 Å². The zero-order valence-corrected chi connectivity index (χ0v) is 10.4. The zero-order valence-electron chi connectivity index (χ0n) is 10.4. The van der Waals surface area contributed by atoms with Crippen LogP contribution in [0.25, 0.3) is 0 Å². The number of nitrogens with one attached hydrogen (secondary N) is 1. The lowest BCUT2D eigenvalue weighted by molar-refractivity contribution is -0.123. The van der Waals surface area contributed by atoms with Crippen molar-refractivity contribution in [3.63, 3.8) is 0 Å². The van der Waals surface area contributed by atoms with E-state index in [1.54, 1.807) is 12.3 Å². The Balaban J connectivity index is 1.70. The Morgan fingerprint density at radius 2 is 2.05 bits per heavy atom. The molecule has 2 heterocycles. The van der Waals surface area contributed by atoms with Gasteiger partial charge in [0.1, 0.15) is 11.6 Å². The van der Waals surface area contributed by atoms with Crippen molar-refractivity contribution in [2.45, 2.75) is 18.9 Å². The predicted molar refractivity (Wildman–Crippen MR) is 72.0 cm³/mol. The van der Waals surface area contributed by atoms with Crippen LogP contribution in [-0.4, -0.2) is 17.0 Å². The van der Waals surface area contributed by atoms with Gasteiger partial charge in [-0.1, -0.05) is 24.3 Å². The number of fused-ring (bicyclic) bond motifs is 1. The van der Waals surface area contributed by atoms with E-state index in [2.05, 4.69) is 10.3 Å². The molecule has 0 fully saturated rings. The summed E-state index contributed by atoms with van der Waals surface area (Å²) in [6.07, 6.45) is 2.75. The Labute approximate surface area is 111 Å². The van der Waals surface area contributed by atoms with Crippen LogP contribution in [0.5, 0.6) is 5.75 Å². The van der Waals surface area contributed by atoms with Crippen molar-refractivity contribution in [2.24, 2.45) is 0 Å². The summed E-state index contributed by atoms with van der Waals surface area (Å²) in [5.41, 5.74) is 1.16. The lowest BCUT2D eigenvalue weighted by Gasteiger charge is -2.24. The molecule has 0 bridgehead atoms. The second-order valence-corrected chi connectivity index (χ2v) is 4.46. The minimum atomic E-state index is -0.447. The summed E-state index contributed by atoms with van der Waals surface area (Å²) < 4.78 is 5.73. The van der Waals surface area contributed by atoms with Crippen LogP contribution in [0, 0.1) is 0 Å². The van der Waals surface area contributed by atoms with Gasteiger partial charge in [0.05, 0.1) is 0 Å². The van der Waals surface area contributed by atoms with Crippen molar-refractivity contribution < 1.29 is 9.53 Å². The third-order valence-corrected chi connectivity index (χ3v) is 3.13. The Hall–Kier alpha value is -2.36. The van der Waals surface area contributed by atoms with Gasteiger partial charge < -0.3 is 10.1 Å². The fourth-order valence-electron chi connectivity index (χ4n) is 2.15. The topological polar surface area (TPSA) is 51.2 Å². The molecule has 0 radical (unpaired) electrons. The number of para-hydroxylation sites is 1. The van der Waals surface area contributed by atoms with Crippen LogP contribution in [0.15, 0.2) is 48.7 Å². The standard InChI is InChI=1S/C15H14N2O2/c18-15(17-14-7-3-4-10-16-14)13-9-8-11-5-1-2-6-12(11)19-13/h1-7,10,13H,8-9H2,(H,16,17,18). The van der Waals surface area contributed by atoms with E-state index >= 15 is 0 Å². The number of carbonyl (C=O) groups excluding carboxylic acids is 1. The lowest BCUT2D eigenvalue weighted by atomic mass is 10.0. The van der Waals surface area contributed by atoms with Gasteiger partial charge in [-0.25, -0.2) is 4.98 Å². The molecule has 0 aliphatic carbocycles. The third kappa shape index (κ3) is 2.57. The average molecular weight is 254 g/mol. The highest BCUT2D eigenvalue weighted by Crippen LogP contribution is 2.27. The number of rotatable bonds is 2. The summed E-state index contributed by atoms with van der Waals surface area (Å²) in [4.78, 5) is 16.2. The Bertz CT molecular complexity index is 584. The zero-order chi connectivity index (χ0) is 13.1. The second kappa shape index (κ2) is 5.10. The maximum Gasteiger partial charge on any atom is 0.266 e. The fraction of sp³-hybridized carbons (Fsp3) is 0.200. The van der Waals surface area contributed by atoms with E-state index in [1.807, 2.05) is 36.4 Å². The molecule has 1 aliphatic heterocycles. The molecule has 0 saturated carbocycles.